The molecule has 1 aromatic heterocycles. The van der Waals surface area contributed by atoms with E-state index in [9.17, 15) is 18.0 Å². The first-order valence-corrected chi connectivity index (χ1v) is 11.8. The summed E-state index contributed by atoms with van der Waals surface area (Å²) in [7, 11) is -3.46. The number of aryl methyl sites for hydroxylation is 1. The molecule has 160 valence electrons. The molecule has 2 aliphatic rings. The Hall–Kier alpha value is -2.81. The molecule has 4 rings (SSSR count). The van der Waals surface area contributed by atoms with E-state index < -0.39 is 15.9 Å². The number of imide groups is 1. The molecular weight excluding hydrogens is 406 g/mol. The number of nitrogens with zero attached hydrogens (tertiary/aromatic N) is 1. The molecule has 1 saturated carbocycles. The third-order valence-electron chi connectivity index (χ3n) is 5.45. The second-order valence-corrected chi connectivity index (χ2v) is 9.90. The summed E-state index contributed by atoms with van der Waals surface area (Å²) in [5, 5.41) is 2.23. The topological polar surface area (TPSA) is 109 Å². The molecule has 2 N–H and O–H groups in total. The highest BCUT2D eigenvalue weighted by molar-refractivity contribution is 7.91. The lowest BCUT2D eigenvalue weighted by atomic mass is 10.3. The van der Waals surface area contributed by atoms with Gasteiger partial charge in [-0.2, -0.15) is 0 Å². The molecule has 9 heteroatoms. The fourth-order valence-electron chi connectivity index (χ4n) is 3.85. The smallest absolute Gasteiger partial charge is 0.324 e. The van der Waals surface area contributed by atoms with Gasteiger partial charge in [0.2, 0.25) is 5.91 Å². The first-order chi connectivity index (χ1) is 14.4. The van der Waals surface area contributed by atoms with Gasteiger partial charge in [0.1, 0.15) is 12.3 Å². The zero-order chi connectivity index (χ0) is 21.1. The first-order valence-electron chi connectivity index (χ1n) is 10.1. The molecule has 0 atom stereocenters. The highest BCUT2D eigenvalue weighted by Gasteiger charge is 2.27. The van der Waals surface area contributed by atoms with Crippen LogP contribution in [0.25, 0.3) is 0 Å². The van der Waals surface area contributed by atoms with Crippen LogP contribution in [0.15, 0.2) is 41.3 Å². The molecule has 0 spiro atoms. The van der Waals surface area contributed by atoms with Crippen LogP contribution in [0, 0.1) is 0 Å². The highest BCUT2D eigenvalue weighted by Crippen LogP contribution is 2.26. The summed E-state index contributed by atoms with van der Waals surface area (Å²) in [5.74, 6) is 0.239. The van der Waals surface area contributed by atoms with Crippen LogP contribution in [0.2, 0.25) is 0 Å². The van der Waals surface area contributed by atoms with Gasteiger partial charge in [-0.1, -0.05) is 6.07 Å². The maximum Gasteiger partial charge on any atom is 0.324 e. The Morgan fingerprint density at radius 3 is 2.57 bits per heavy atom. The molecule has 3 amide bonds. The van der Waals surface area contributed by atoms with Crippen LogP contribution < -0.4 is 10.1 Å². The minimum atomic E-state index is -3.46. The molecule has 30 heavy (non-hydrogen) atoms. The van der Waals surface area contributed by atoms with Crippen LogP contribution in [0.5, 0.6) is 5.75 Å². The molecular formula is C21H25N3O5S. The van der Waals surface area contributed by atoms with Gasteiger partial charge in [-0.05, 0) is 56.0 Å². The monoisotopic (exact) mass is 431 g/mol. The fraction of sp³-hybridized carbons (Fsp3) is 0.429. The second-order valence-electron chi connectivity index (χ2n) is 7.79. The number of carbonyl (C=O) groups is 2. The summed E-state index contributed by atoms with van der Waals surface area (Å²) < 4.78 is 31.5. The third-order valence-corrected chi connectivity index (χ3v) is 7.16. The molecule has 2 heterocycles. The quantitative estimate of drug-likeness (QED) is 0.624. The van der Waals surface area contributed by atoms with Crippen molar-refractivity contribution >= 4 is 21.8 Å². The normalized spacial score (nSPS) is 17.5. The number of H-pyrrole nitrogens is 1. The maximum atomic E-state index is 12.8. The van der Waals surface area contributed by atoms with Crippen LogP contribution >= 0.6 is 0 Å². The van der Waals surface area contributed by atoms with Crippen LogP contribution in [0.4, 0.5) is 4.79 Å². The van der Waals surface area contributed by atoms with Crippen LogP contribution in [-0.2, 0) is 27.6 Å². The molecule has 1 saturated heterocycles. The van der Waals surface area contributed by atoms with E-state index in [1.54, 1.807) is 36.4 Å². The van der Waals surface area contributed by atoms with E-state index in [0.717, 1.165) is 37.1 Å². The number of benzene rings is 1. The Balaban J connectivity index is 1.35. The SMILES string of the molecule is O=C1CN(Cc2ccc(CCS(=O)(=O)c3cccc(OC4CCCC4)c3)[nH]2)C(=O)N1. The Kier molecular flexibility index (Phi) is 5.80. The number of nitrogens with one attached hydrogen (secondary N) is 2. The molecule has 1 aromatic carbocycles. The Bertz CT molecular complexity index is 1040. The van der Waals surface area contributed by atoms with Crippen molar-refractivity contribution in [2.75, 3.05) is 12.3 Å². The lowest BCUT2D eigenvalue weighted by Gasteiger charge is -2.14. The maximum absolute atomic E-state index is 12.8. The molecule has 0 unspecified atom stereocenters. The van der Waals surface area contributed by atoms with E-state index in [1.165, 1.54) is 4.90 Å². The Morgan fingerprint density at radius 2 is 1.83 bits per heavy atom. The van der Waals surface area contributed by atoms with Crippen molar-refractivity contribution in [1.82, 2.24) is 15.2 Å². The summed E-state index contributed by atoms with van der Waals surface area (Å²) >= 11 is 0. The van der Waals surface area contributed by atoms with Crippen molar-refractivity contribution < 1.29 is 22.7 Å². The van der Waals surface area contributed by atoms with Gasteiger partial charge in [-0.3, -0.25) is 10.1 Å². The number of carbonyl (C=O) groups excluding carboxylic acids is 2. The van der Waals surface area contributed by atoms with E-state index in [-0.39, 0.29) is 35.7 Å². The number of aromatic nitrogens is 1. The van der Waals surface area contributed by atoms with Crippen LogP contribution in [0.3, 0.4) is 0 Å². The summed E-state index contributed by atoms with van der Waals surface area (Å²) in [6.45, 7) is 0.297. The van der Waals surface area contributed by atoms with Crippen molar-refractivity contribution in [3.8, 4) is 5.75 Å². The molecule has 1 aliphatic carbocycles. The first kappa shape index (κ1) is 20.5. The van der Waals surface area contributed by atoms with E-state index in [1.807, 2.05) is 0 Å². The average molecular weight is 432 g/mol. The van der Waals surface area contributed by atoms with E-state index in [4.69, 9.17) is 4.74 Å². The lowest BCUT2D eigenvalue weighted by Crippen LogP contribution is -2.27. The van der Waals surface area contributed by atoms with Crippen molar-refractivity contribution in [3.05, 3.63) is 47.8 Å². The predicted molar refractivity (Wildman–Crippen MR) is 110 cm³/mol. The number of hydrogen-bond donors (Lipinski definition) is 2. The Morgan fingerprint density at radius 1 is 1.07 bits per heavy atom. The fourth-order valence-corrected chi connectivity index (χ4v) is 5.15. The number of aromatic amines is 1. The van der Waals surface area contributed by atoms with Gasteiger partial charge in [-0.15, -0.1) is 0 Å². The van der Waals surface area contributed by atoms with Crippen molar-refractivity contribution in [1.29, 1.82) is 0 Å². The van der Waals surface area contributed by atoms with Gasteiger partial charge in [0.05, 0.1) is 23.3 Å². The van der Waals surface area contributed by atoms with E-state index in [0.29, 0.717) is 12.2 Å². The summed E-state index contributed by atoms with van der Waals surface area (Å²) in [6.07, 6.45) is 4.83. The molecule has 2 fully saturated rings. The van der Waals surface area contributed by atoms with Gasteiger partial charge < -0.3 is 14.6 Å². The number of urea groups is 1. The lowest BCUT2D eigenvalue weighted by molar-refractivity contribution is -0.118. The molecule has 0 bridgehead atoms. The van der Waals surface area contributed by atoms with E-state index in [2.05, 4.69) is 10.3 Å². The van der Waals surface area contributed by atoms with Gasteiger partial charge in [-0.25, -0.2) is 13.2 Å². The van der Waals surface area contributed by atoms with Crippen molar-refractivity contribution in [3.63, 3.8) is 0 Å². The molecule has 1 aliphatic heterocycles. The average Bonchev–Trinajstić information content (AvgIpc) is 3.44. The summed E-state index contributed by atoms with van der Waals surface area (Å²) in [4.78, 5) is 27.7. The van der Waals surface area contributed by atoms with Crippen LogP contribution in [0.1, 0.15) is 37.1 Å². The van der Waals surface area contributed by atoms with Gasteiger partial charge in [0.25, 0.3) is 0 Å². The van der Waals surface area contributed by atoms with Crippen molar-refractivity contribution in [2.24, 2.45) is 0 Å². The predicted octanol–water partition coefficient (Wildman–Crippen LogP) is 2.40. The van der Waals surface area contributed by atoms with Gasteiger partial charge in [0.15, 0.2) is 9.84 Å². The number of amides is 3. The number of sulfone groups is 1. The number of ether oxygens (including phenoxy) is 1. The molecule has 0 radical (unpaired) electrons. The largest absolute Gasteiger partial charge is 0.490 e. The van der Waals surface area contributed by atoms with E-state index >= 15 is 0 Å². The van der Waals surface area contributed by atoms with Gasteiger partial charge in [0, 0.05) is 17.8 Å². The third kappa shape index (κ3) is 4.84. The van der Waals surface area contributed by atoms with Gasteiger partial charge >= 0.3 is 6.03 Å². The zero-order valence-corrected chi connectivity index (χ0v) is 17.4. The summed E-state index contributed by atoms with van der Waals surface area (Å²) in [5.41, 5.74) is 1.51. The summed E-state index contributed by atoms with van der Waals surface area (Å²) in [6, 6.07) is 9.91. The number of hydrogen-bond acceptors (Lipinski definition) is 5. The standard InChI is InChI=1S/C21H25N3O5S/c25-20-14-24(21(26)23-20)13-16-9-8-15(22-16)10-11-30(27,28)19-7-3-6-18(12-19)29-17-4-1-2-5-17/h3,6-9,12,17,22H,1-2,4-5,10-11,13-14H2,(H,23,25,26). The van der Waals surface area contributed by atoms with Crippen molar-refractivity contribution in [2.45, 2.75) is 49.6 Å². The molecule has 2 aromatic rings. The number of rotatable bonds is 8. The second kappa shape index (κ2) is 8.51. The molecule has 8 nitrogen and oxygen atoms in total. The zero-order valence-electron chi connectivity index (χ0n) is 16.6. The minimum Gasteiger partial charge on any atom is -0.490 e. The minimum absolute atomic E-state index is 0.0286. The highest BCUT2D eigenvalue weighted by atomic mass is 32.2. The van der Waals surface area contributed by atoms with Crippen LogP contribution in [-0.4, -0.2) is 48.6 Å². The Labute approximate surface area is 175 Å².